The van der Waals surface area contributed by atoms with Gasteiger partial charge in [0.05, 0.1) is 0 Å². The number of urea groups is 1. The average molecular weight is 349 g/mol. The van der Waals surface area contributed by atoms with E-state index < -0.39 is 0 Å². The number of carbonyl (C=O) groups excluding carboxylic acids is 2. The zero-order chi connectivity index (χ0) is 17.9. The van der Waals surface area contributed by atoms with E-state index in [4.69, 9.17) is 0 Å². The fourth-order valence-electron chi connectivity index (χ4n) is 3.79. The lowest BCUT2D eigenvalue weighted by Crippen LogP contribution is -2.32. The number of hydrogen-bond acceptors (Lipinski definition) is 2. The van der Waals surface area contributed by atoms with Crippen molar-refractivity contribution in [1.82, 2.24) is 4.90 Å². The summed E-state index contributed by atoms with van der Waals surface area (Å²) in [7, 11) is 0. The molecule has 0 saturated carbocycles. The van der Waals surface area contributed by atoms with Crippen LogP contribution in [0.15, 0.2) is 54.6 Å². The first-order valence-electron chi connectivity index (χ1n) is 9.22. The Morgan fingerprint density at radius 3 is 2.46 bits per heavy atom. The molecule has 4 rings (SSSR count). The molecule has 2 aromatic rings. The summed E-state index contributed by atoms with van der Waals surface area (Å²) in [5.41, 5.74) is 2.95. The molecule has 2 fully saturated rings. The minimum absolute atomic E-state index is 0.0616. The average Bonchev–Trinajstić information content (AvgIpc) is 3.32. The van der Waals surface area contributed by atoms with E-state index in [1.54, 1.807) is 4.90 Å². The maximum absolute atomic E-state index is 12.5. The third-order valence-corrected chi connectivity index (χ3v) is 5.25. The third-order valence-electron chi connectivity index (χ3n) is 5.25. The molecular formula is C21H23N3O2. The molecule has 134 valence electrons. The number of nitrogens with one attached hydrogen (secondary N) is 1. The SMILES string of the molecule is O=C(Nc1ccc(N2CCCC2=O)cc1)N1CCC(c2ccccc2)C1. The van der Waals surface area contributed by atoms with Crippen LogP contribution in [0.3, 0.4) is 0 Å². The highest BCUT2D eigenvalue weighted by Gasteiger charge is 2.27. The van der Waals surface area contributed by atoms with Crippen LogP contribution in [-0.4, -0.2) is 36.5 Å². The van der Waals surface area contributed by atoms with Crippen LogP contribution in [0, 0.1) is 0 Å². The molecule has 1 atom stereocenters. The van der Waals surface area contributed by atoms with Gasteiger partial charge in [-0.15, -0.1) is 0 Å². The Bertz CT molecular complexity index is 789. The molecule has 0 spiro atoms. The van der Waals surface area contributed by atoms with Gasteiger partial charge in [-0.25, -0.2) is 4.79 Å². The van der Waals surface area contributed by atoms with Gasteiger partial charge in [-0.2, -0.15) is 0 Å². The zero-order valence-electron chi connectivity index (χ0n) is 14.7. The summed E-state index contributed by atoms with van der Waals surface area (Å²) in [6.07, 6.45) is 2.53. The van der Waals surface area contributed by atoms with Crippen LogP contribution in [0.5, 0.6) is 0 Å². The predicted octanol–water partition coefficient (Wildman–Crippen LogP) is 3.83. The number of rotatable bonds is 3. The van der Waals surface area contributed by atoms with Crippen molar-refractivity contribution < 1.29 is 9.59 Å². The van der Waals surface area contributed by atoms with Crippen molar-refractivity contribution in [1.29, 1.82) is 0 Å². The van der Waals surface area contributed by atoms with E-state index in [-0.39, 0.29) is 11.9 Å². The largest absolute Gasteiger partial charge is 0.324 e. The molecule has 1 unspecified atom stereocenters. The topological polar surface area (TPSA) is 52.7 Å². The van der Waals surface area contributed by atoms with Crippen molar-refractivity contribution in [3.05, 3.63) is 60.2 Å². The van der Waals surface area contributed by atoms with Crippen LogP contribution in [-0.2, 0) is 4.79 Å². The second-order valence-electron chi connectivity index (χ2n) is 6.97. The van der Waals surface area contributed by atoms with E-state index in [0.29, 0.717) is 12.3 Å². The fourth-order valence-corrected chi connectivity index (χ4v) is 3.79. The number of nitrogens with zero attached hydrogens (tertiary/aromatic N) is 2. The van der Waals surface area contributed by atoms with Gasteiger partial charge in [0, 0.05) is 43.3 Å². The second-order valence-corrected chi connectivity index (χ2v) is 6.97. The highest BCUT2D eigenvalue weighted by Crippen LogP contribution is 2.28. The van der Waals surface area contributed by atoms with Gasteiger partial charge in [0.25, 0.3) is 0 Å². The Balaban J connectivity index is 1.35. The summed E-state index contributed by atoms with van der Waals surface area (Å²) < 4.78 is 0. The summed E-state index contributed by atoms with van der Waals surface area (Å²) in [5.74, 6) is 0.580. The molecule has 0 aromatic heterocycles. The first-order valence-corrected chi connectivity index (χ1v) is 9.22. The molecule has 2 aromatic carbocycles. The lowest BCUT2D eigenvalue weighted by Gasteiger charge is -2.19. The highest BCUT2D eigenvalue weighted by molar-refractivity contribution is 5.96. The predicted molar refractivity (Wildman–Crippen MR) is 102 cm³/mol. The van der Waals surface area contributed by atoms with Gasteiger partial charge < -0.3 is 15.1 Å². The molecule has 5 heteroatoms. The van der Waals surface area contributed by atoms with Crippen LogP contribution >= 0.6 is 0 Å². The van der Waals surface area contributed by atoms with Crippen molar-refractivity contribution >= 4 is 23.3 Å². The molecule has 0 bridgehead atoms. The fraction of sp³-hybridized carbons (Fsp3) is 0.333. The van der Waals surface area contributed by atoms with Crippen molar-refractivity contribution in [3.63, 3.8) is 0 Å². The van der Waals surface area contributed by atoms with Crippen LogP contribution in [0.25, 0.3) is 0 Å². The Kier molecular flexibility index (Phi) is 4.61. The molecule has 2 saturated heterocycles. The molecule has 2 heterocycles. The van der Waals surface area contributed by atoms with Gasteiger partial charge in [0.2, 0.25) is 5.91 Å². The van der Waals surface area contributed by atoms with Gasteiger partial charge in [-0.05, 0) is 42.7 Å². The van der Waals surface area contributed by atoms with Crippen molar-refractivity contribution in [2.75, 3.05) is 29.9 Å². The minimum Gasteiger partial charge on any atom is -0.324 e. The first-order chi connectivity index (χ1) is 12.7. The molecule has 3 amide bonds. The smallest absolute Gasteiger partial charge is 0.321 e. The molecule has 2 aliphatic rings. The van der Waals surface area contributed by atoms with Gasteiger partial charge in [0.15, 0.2) is 0 Å². The van der Waals surface area contributed by atoms with E-state index in [1.807, 2.05) is 47.4 Å². The van der Waals surface area contributed by atoms with Gasteiger partial charge in [-0.3, -0.25) is 4.79 Å². The zero-order valence-corrected chi connectivity index (χ0v) is 14.7. The molecule has 5 nitrogen and oxygen atoms in total. The van der Waals surface area contributed by atoms with Crippen LogP contribution in [0.1, 0.15) is 30.7 Å². The van der Waals surface area contributed by atoms with E-state index in [2.05, 4.69) is 17.4 Å². The number of amides is 3. The first kappa shape index (κ1) is 16.6. The molecule has 1 N–H and O–H groups in total. The quantitative estimate of drug-likeness (QED) is 0.915. The summed E-state index contributed by atoms with van der Waals surface area (Å²) in [4.78, 5) is 28.0. The van der Waals surface area contributed by atoms with Crippen molar-refractivity contribution in [3.8, 4) is 0 Å². The summed E-state index contributed by atoms with van der Waals surface area (Å²) in [6, 6.07) is 17.8. The van der Waals surface area contributed by atoms with Crippen molar-refractivity contribution in [2.45, 2.75) is 25.2 Å². The lowest BCUT2D eigenvalue weighted by molar-refractivity contribution is -0.117. The van der Waals surface area contributed by atoms with Crippen molar-refractivity contribution in [2.24, 2.45) is 0 Å². The third kappa shape index (κ3) is 3.43. The number of carbonyl (C=O) groups is 2. The Morgan fingerprint density at radius 1 is 1.00 bits per heavy atom. The number of hydrogen-bond donors (Lipinski definition) is 1. The monoisotopic (exact) mass is 349 g/mol. The number of likely N-dealkylation sites (tertiary alicyclic amines) is 1. The van der Waals surface area contributed by atoms with E-state index in [0.717, 1.165) is 43.9 Å². The Morgan fingerprint density at radius 2 is 1.77 bits per heavy atom. The van der Waals surface area contributed by atoms with Crippen LogP contribution in [0.4, 0.5) is 16.2 Å². The second kappa shape index (κ2) is 7.20. The Labute approximate surface area is 153 Å². The summed E-state index contributed by atoms with van der Waals surface area (Å²) in [6.45, 7) is 2.29. The summed E-state index contributed by atoms with van der Waals surface area (Å²) >= 11 is 0. The Hall–Kier alpha value is -2.82. The molecule has 0 aliphatic carbocycles. The van der Waals surface area contributed by atoms with Gasteiger partial charge >= 0.3 is 6.03 Å². The molecule has 26 heavy (non-hydrogen) atoms. The lowest BCUT2D eigenvalue weighted by atomic mass is 9.99. The molecule has 0 radical (unpaired) electrons. The maximum atomic E-state index is 12.5. The highest BCUT2D eigenvalue weighted by atomic mass is 16.2. The number of benzene rings is 2. The molecular weight excluding hydrogens is 326 g/mol. The number of anilines is 2. The maximum Gasteiger partial charge on any atom is 0.321 e. The summed E-state index contributed by atoms with van der Waals surface area (Å²) in [5, 5.41) is 2.97. The molecule has 2 aliphatic heterocycles. The van der Waals surface area contributed by atoms with Crippen LogP contribution in [0.2, 0.25) is 0 Å². The van der Waals surface area contributed by atoms with Gasteiger partial charge in [-0.1, -0.05) is 30.3 Å². The standard InChI is InChI=1S/C21H23N3O2/c25-20-7-4-13-24(20)19-10-8-18(9-11-19)22-21(26)23-14-12-17(15-23)16-5-2-1-3-6-16/h1-3,5-6,8-11,17H,4,7,12-15H2,(H,22,26). The van der Waals surface area contributed by atoms with E-state index >= 15 is 0 Å². The van der Waals surface area contributed by atoms with E-state index in [1.165, 1.54) is 5.56 Å². The van der Waals surface area contributed by atoms with E-state index in [9.17, 15) is 9.59 Å². The normalized spacial score (nSPS) is 19.8. The van der Waals surface area contributed by atoms with Gasteiger partial charge in [0.1, 0.15) is 0 Å². The minimum atomic E-state index is -0.0616. The van der Waals surface area contributed by atoms with Crippen LogP contribution < -0.4 is 10.2 Å².